The minimum atomic E-state index is 0.00374. The van der Waals surface area contributed by atoms with Gasteiger partial charge in [-0.25, -0.2) is 4.98 Å². The van der Waals surface area contributed by atoms with Gasteiger partial charge in [0, 0.05) is 18.7 Å². The molecule has 1 saturated heterocycles. The number of amides is 1. The monoisotopic (exact) mass is 343 g/mol. The molecule has 3 aromatic heterocycles. The van der Waals surface area contributed by atoms with E-state index in [1.54, 1.807) is 23.8 Å². The number of nitrogen functional groups attached to an aromatic ring is 1. The lowest BCUT2D eigenvalue weighted by Crippen LogP contribution is -2.27. The Morgan fingerprint density at radius 2 is 2.08 bits per heavy atom. The zero-order chi connectivity index (χ0) is 16.7. The molecule has 0 unspecified atom stereocenters. The van der Waals surface area contributed by atoms with E-state index in [-0.39, 0.29) is 5.91 Å². The van der Waals surface area contributed by atoms with Crippen molar-refractivity contribution in [3.05, 3.63) is 29.8 Å². The van der Waals surface area contributed by atoms with Crippen LogP contribution in [0.1, 0.15) is 23.2 Å². The van der Waals surface area contributed by atoms with Gasteiger partial charge in [-0.1, -0.05) is 11.3 Å². The molecule has 4 rings (SSSR count). The molecule has 0 spiro atoms. The smallest absolute Gasteiger partial charge is 0.254 e. The summed E-state index contributed by atoms with van der Waals surface area (Å²) in [4.78, 5) is 19.8. The van der Waals surface area contributed by atoms with E-state index in [1.165, 1.54) is 11.3 Å². The first kappa shape index (κ1) is 14.9. The van der Waals surface area contributed by atoms with Crippen LogP contribution in [0.3, 0.4) is 0 Å². The summed E-state index contributed by atoms with van der Waals surface area (Å²) in [6.45, 7) is 1.60. The molecular formula is C16H17N5O2S. The Hall–Kier alpha value is -2.61. The number of carbonyl (C=O) groups is 1. The average molecular weight is 343 g/mol. The fraction of sp³-hybridized carbons (Fsp3) is 0.312. The Morgan fingerprint density at radius 1 is 1.29 bits per heavy atom. The highest BCUT2D eigenvalue weighted by molar-refractivity contribution is 7.17. The molecule has 0 atom stereocenters. The highest BCUT2D eigenvalue weighted by Crippen LogP contribution is 2.31. The Labute approximate surface area is 142 Å². The summed E-state index contributed by atoms with van der Waals surface area (Å²) in [5.74, 6) is 0.974. The predicted octanol–water partition coefficient (Wildman–Crippen LogP) is 2.28. The van der Waals surface area contributed by atoms with Gasteiger partial charge < -0.3 is 15.4 Å². The molecule has 7 nitrogen and oxygen atoms in total. The van der Waals surface area contributed by atoms with Crippen molar-refractivity contribution in [2.24, 2.45) is 0 Å². The Morgan fingerprint density at radius 3 is 2.79 bits per heavy atom. The molecule has 0 saturated carbocycles. The summed E-state index contributed by atoms with van der Waals surface area (Å²) in [5.41, 5.74) is 7.21. The van der Waals surface area contributed by atoms with E-state index < -0.39 is 0 Å². The van der Waals surface area contributed by atoms with Gasteiger partial charge in [-0.3, -0.25) is 4.79 Å². The molecule has 4 heterocycles. The van der Waals surface area contributed by atoms with Crippen molar-refractivity contribution >= 4 is 28.7 Å². The first-order valence-corrected chi connectivity index (χ1v) is 8.57. The molecule has 2 N–H and O–H groups in total. The van der Waals surface area contributed by atoms with E-state index in [1.807, 2.05) is 17.0 Å². The van der Waals surface area contributed by atoms with Crippen LogP contribution < -0.4 is 10.5 Å². The summed E-state index contributed by atoms with van der Waals surface area (Å²) in [6, 6.07) is 7.20. The SMILES string of the molecule is COc1ccc(-c2nc3cc(C(=O)N4CCCC4)cc(N)n3n2)s1. The third kappa shape index (κ3) is 2.48. The molecule has 0 aliphatic carbocycles. The minimum Gasteiger partial charge on any atom is -0.487 e. The molecule has 1 aliphatic heterocycles. The molecular weight excluding hydrogens is 326 g/mol. The molecule has 24 heavy (non-hydrogen) atoms. The fourth-order valence-electron chi connectivity index (χ4n) is 2.89. The number of pyridine rings is 1. The van der Waals surface area contributed by atoms with E-state index >= 15 is 0 Å². The molecule has 1 fully saturated rings. The zero-order valence-corrected chi connectivity index (χ0v) is 14.0. The molecule has 0 aromatic carbocycles. The summed E-state index contributed by atoms with van der Waals surface area (Å²) in [5, 5.41) is 5.23. The van der Waals surface area contributed by atoms with Crippen LogP contribution in [0.25, 0.3) is 16.3 Å². The van der Waals surface area contributed by atoms with Gasteiger partial charge >= 0.3 is 0 Å². The lowest BCUT2D eigenvalue weighted by Gasteiger charge is -2.15. The second kappa shape index (κ2) is 5.79. The van der Waals surface area contributed by atoms with Crippen LogP contribution >= 0.6 is 11.3 Å². The van der Waals surface area contributed by atoms with Crippen molar-refractivity contribution in [1.82, 2.24) is 19.5 Å². The van der Waals surface area contributed by atoms with Crippen LogP contribution in [0.15, 0.2) is 24.3 Å². The van der Waals surface area contributed by atoms with Gasteiger partial charge in [0.15, 0.2) is 16.5 Å². The normalized spacial score (nSPS) is 14.5. The van der Waals surface area contributed by atoms with Crippen LogP contribution in [0.4, 0.5) is 5.82 Å². The van der Waals surface area contributed by atoms with E-state index in [9.17, 15) is 4.79 Å². The highest BCUT2D eigenvalue weighted by Gasteiger charge is 2.21. The van der Waals surface area contributed by atoms with Crippen LogP contribution in [0.5, 0.6) is 5.06 Å². The van der Waals surface area contributed by atoms with Crippen molar-refractivity contribution in [1.29, 1.82) is 0 Å². The number of ether oxygens (including phenoxy) is 1. The van der Waals surface area contributed by atoms with Crippen LogP contribution in [0, 0.1) is 0 Å². The number of anilines is 1. The van der Waals surface area contributed by atoms with Crippen LogP contribution in [-0.2, 0) is 0 Å². The van der Waals surface area contributed by atoms with Gasteiger partial charge in [-0.2, -0.15) is 4.52 Å². The predicted molar refractivity (Wildman–Crippen MR) is 92.4 cm³/mol. The number of hydrogen-bond donors (Lipinski definition) is 1. The van der Waals surface area contributed by atoms with E-state index in [0.29, 0.717) is 22.9 Å². The number of carbonyl (C=O) groups excluding carboxylic acids is 1. The number of methoxy groups -OCH3 is 1. The first-order chi connectivity index (χ1) is 11.7. The topological polar surface area (TPSA) is 85.8 Å². The second-order valence-electron chi connectivity index (χ2n) is 5.70. The van der Waals surface area contributed by atoms with E-state index in [2.05, 4.69) is 10.1 Å². The minimum absolute atomic E-state index is 0.00374. The van der Waals surface area contributed by atoms with Crippen molar-refractivity contribution in [3.63, 3.8) is 0 Å². The number of nitrogens with two attached hydrogens (primary N) is 1. The Balaban J connectivity index is 1.73. The third-order valence-electron chi connectivity index (χ3n) is 4.11. The van der Waals surface area contributed by atoms with Crippen molar-refractivity contribution < 1.29 is 9.53 Å². The van der Waals surface area contributed by atoms with Crippen molar-refractivity contribution in [3.8, 4) is 15.8 Å². The van der Waals surface area contributed by atoms with Crippen molar-refractivity contribution in [2.75, 3.05) is 25.9 Å². The lowest BCUT2D eigenvalue weighted by molar-refractivity contribution is 0.0793. The van der Waals surface area contributed by atoms with Gasteiger partial charge in [-0.05, 0) is 37.1 Å². The average Bonchev–Trinajstić information content (AvgIpc) is 3.32. The van der Waals surface area contributed by atoms with Crippen LogP contribution in [-0.4, -0.2) is 45.6 Å². The highest BCUT2D eigenvalue weighted by atomic mass is 32.1. The quantitative estimate of drug-likeness (QED) is 0.788. The maximum atomic E-state index is 12.6. The molecule has 0 radical (unpaired) electrons. The maximum absolute atomic E-state index is 12.6. The van der Waals surface area contributed by atoms with Gasteiger partial charge in [0.1, 0.15) is 5.82 Å². The van der Waals surface area contributed by atoms with Gasteiger partial charge in [0.2, 0.25) is 0 Å². The van der Waals surface area contributed by atoms with Crippen molar-refractivity contribution in [2.45, 2.75) is 12.8 Å². The van der Waals surface area contributed by atoms with Crippen LogP contribution in [0.2, 0.25) is 0 Å². The Bertz CT molecular complexity index is 910. The number of thiophene rings is 1. The van der Waals surface area contributed by atoms with E-state index in [0.717, 1.165) is 35.9 Å². The third-order valence-corrected chi connectivity index (χ3v) is 5.15. The largest absolute Gasteiger partial charge is 0.487 e. The number of nitrogens with zero attached hydrogens (tertiary/aromatic N) is 4. The summed E-state index contributed by atoms with van der Waals surface area (Å²) in [7, 11) is 1.63. The number of likely N-dealkylation sites (tertiary alicyclic amines) is 1. The van der Waals surface area contributed by atoms with E-state index in [4.69, 9.17) is 10.5 Å². The molecule has 1 amide bonds. The standard InChI is InChI=1S/C16H17N5O2S/c1-23-14-5-4-11(24-14)15-18-13-9-10(8-12(17)21(13)19-15)16(22)20-6-2-3-7-20/h4-5,8-9H,2-3,6-7,17H2,1H3. The lowest BCUT2D eigenvalue weighted by atomic mass is 10.2. The molecule has 0 bridgehead atoms. The number of rotatable bonds is 3. The summed E-state index contributed by atoms with van der Waals surface area (Å²) < 4.78 is 6.76. The first-order valence-electron chi connectivity index (χ1n) is 7.75. The molecule has 1 aliphatic rings. The summed E-state index contributed by atoms with van der Waals surface area (Å²) >= 11 is 1.46. The second-order valence-corrected chi connectivity index (χ2v) is 6.74. The molecule has 124 valence electrons. The zero-order valence-electron chi connectivity index (χ0n) is 13.2. The maximum Gasteiger partial charge on any atom is 0.254 e. The fourth-order valence-corrected chi connectivity index (χ4v) is 3.64. The number of aromatic nitrogens is 3. The van der Waals surface area contributed by atoms with Gasteiger partial charge in [-0.15, -0.1) is 5.10 Å². The summed E-state index contributed by atoms with van der Waals surface area (Å²) in [6.07, 6.45) is 2.11. The molecule has 3 aromatic rings. The van der Waals surface area contributed by atoms with Gasteiger partial charge in [0.05, 0.1) is 12.0 Å². The van der Waals surface area contributed by atoms with Gasteiger partial charge in [0.25, 0.3) is 5.91 Å². The number of hydrogen-bond acceptors (Lipinski definition) is 6. The molecule has 8 heteroatoms. The number of fused-ring (bicyclic) bond motifs is 1. The Kier molecular flexibility index (Phi) is 3.61.